The van der Waals surface area contributed by atoms with Gasteiger partial charge in [-0.05, 0) is 42.3 Å². The minimum absolute atomic E-state index is 0.124. The molecule has 1 N–H and O–H groups in total. The van der Waals surface area contributed by atoms with Crippen molar-refractivity contribution in [3.63, 3.8) is 0 Å². The van der Waals surface area contributed by atoms with Crippen molar-refractivity contribution >= 4 is 11.6 Å². The number of carbonyl (C=O) groups excluding carboxylic acids is 1. The third-order valence-corrected chi connectivity index (χ3v) is 4.66. The molecule has 0 aliphatic carbocycles. The molecule has 1 aliphatic heterocycles. The Morgan fingerprint density at radius 3 is 2.41 bits per heavy atom. The molecular weight excluding hydrogens is 344 g/mol. The number of nitrogens with zero attached hydrogens (tertiary/aromatic N) is 1. The van der Waals surface area contributed by atoms with Gasteiger partial charge in [-0.3, -0.25) is 4.79 Å². The molecule has 0 spiro atoms. The van der Waals surface area contributed by atoms with E-state index in [1.165, 1.54) is 11.3 Å². The largest absolute Gasteiger partial charge is 0.493 e. The first-order valence-electron chi connectivity index (χ1n) is 9.13. The Kier molecular flexibility index (Phi) is 6.54. The van der Waals surface area contributed by atoms with Crippen molar-refractivity contribution in [1.29, 1.82) is 0 Å². The lowest BCUT2D eigenvalue weighted by Gasteiger charge is -2.28. The van der Waals surface area contributed by atoms with E-state index < -0.39 is 0 Å². The number of methoxy groups -OCH3 is 2. The Morgan fingerprint density at radius 2 is 1.74 bits per heavy atom. The average molecular weight is 370 g/mol. The second kappa shape index (κ2) is 9.28. The van der Waals surface area contributed by atoms with Crippen LogP contribution in [0.2, 0.25) is 0 Å². The predicted molar refractivity (Wildman–Crippen MR) is 105 cm³/mol. The van der Waals surface area contributed by atoms with Gasteiger partial charge in [-0.25, -0.2) is 0 Å². The third-order valence-electron chi connectivity index (χ3n) is 4.66. The van der Waals surface area contributed by atoms with E-state index in [9.17, 15) is 4.79 Å². The zero-order valence-electron chi connectivity index (χ0n) is 15.9. The van der Waals surface area contributed by atoms with Gasteiger partial charge in [0.2, 0.25) is 0 Å². The maximum Gasteiger partial charge on any atom is 0.251 e. The molecule has 0 radical (unpaired) electrons. The first-order chi connectivity index (χ1) is 13.2. The zero-order chi connectivity index (χ0) is 19.1. The molecule has 1 saturated heterocycles. The second-order valence-corrected chi connectivity index (χ2v) is 6.34. The first-order valence-corrected chi connectivity index (χ1v) is 9.13. The van der Waals surface area contributed by atoms with Crippen LogP contribution in [0.15, 0.2) is 42.5 Å². The molecule has 27 heavy (non-hydrogen) atoms. The SMILES string of the molecule is COc1ccc(C(=O)NCCc2ccc(N3CCOCC3)cc2)cc1OC. The Bertz CT molecular complexity index is 755. The minimum atomic E-state index is -0.124. The molecule has 1 aliphatic rings. The number of anilines is 1. The van der Waals surface area contributed by atoms with Gasteiger partial charge in [0, 0.05) is 30.9 Å². The number of hydrogen-bond donors (Lipinski definition) is 1. The lowest BCUT2D eigenvalue weighted by Crippen LogP contribution is -2.36. The fourth-order valence-electron chi connectivity index (χ4n) is 3.09. The summed E-state index contributed by atoms with van der Waals surface area (Å²) in [5.41, 5.74) is 2.96. The van der Waals surface area contributed by atoms with E-state index in [1.54, 1.807) is 32.4 Å². The Labute approximate surface area is 160 Å². The van der Waals surface area contributed by atoms with Crippen LogP contribution in [-0.2, 0) is 11.2 Å². The van der Waals surface area contributed by atoms with Crippen LogP contribution in [-0.4, -0.2) is 53.0 Å². The Balaban J connectivity index is 1.51. The van der Waals surface area contributed by atoms with Gasteiger partial charge in [0.1, 0.15) is 0 Å². The molecule has 0 aromatic heterocycles. The Hall–Kier alpha value is -2.73. The van der Waals surface area contributed by atoms with Gasteiger partial charge in [-0.15, -0.1) is 0 Å². The summed E-state index contributed by atoms with van der Waals surface area (Å²) in [6, 6.07) is 13.7. The molecule has 1 fully saturated rings. The van der Waals surface area contributed by atoms with Gasteiger partial charge < -0.3 is 24.4 Å². The molecule has 1 heterocycles. The lowest BCUT2D eigenvalue weighted by molar-refractivity contribution is 0.0953. The van der Waals surface area contributed by atoms with Gasteiger partial charge in [0.25, 0.3) is 5.91 Å². The highest BCUT2D eigenvalue weighted by molar-refractivity contribution is 5.94. The molecule has 3 rings (SSSR count). The number of rotatable bonds is 7. The van der Waals surface area contributed by atoms with Crippen LogP contribution in [0.5, 0.6) is 11.5 Å². The molecule has 6 nitrogen and oxygen atoms in total. The van der Waals surface area contributed by atoms with Crippen molar-refractivity contribution in [2.45, 2.75) is 6.42 Å². The molecule has 2 aromatic carbocycles. The van der Waals surface area contributed by atoms with Crippen molar-refractivity contribution in [2.24, 2.45) is 0 Å². The summed E-state index contributed by atoms with van der Waals surface area (Å²) in [4.78, 5) is 14.7. The number of nitrogens with one attached hydrogen (secondary N) is 1. The van der Waals surface area contributed by atoms with Gasteiger partial charge in [0.05, 0.1) is 27.4 Å². The van der Waals surface area contributed by atoms with E-state index in [4.69, 9.17) is 14.2 Å². The summed E-state index contributed by atoms with van der Waals surface area (Å²) in [6.07, 6.45) is 0.780. The van der Waals surface area contributed by atoms with Crippen LogP contribution < -0.4 is 19.7 Å². The average Bonchev–Trinajstić information content (AvgIpc) is 2.74. The normalized spacial score (nSPS) is 13.9. The van der Waals surface area contributed by atoms with Crippen molar-refractivity contribution in [3.8, 4) is 11.5 Å². The van der Waals surface area contributed by atoms with Crippen LogP contribution in [0, 0.1) is 0 Å². The molecular formula is C21H26N2O4. The number of benzene rings is 2. The highest BCUT2D eigenvalue weighted by Crippen LogP contribution is 2.27. The van der Waals surface area contributed by atoms with E-state index >= 15 is 0 Å². The summed E-state index contributed by atoms with van der Waals surface area (Å²) in [6.45, 7) is 4.00. The van der Waals surface area contributed by atoms with Gasteiger partial charge in [-0.1, -0.05) is 12.1 Å². The van der Waals surface area contributed by atoms with E-state index in [-0.39, 0.29) is 5.91 Å². The summed E-state index contributed by atoms with van der Waals surface area (Å²) in [7, 11) is 3.13. The van der Waals surface area contributed by atoms with Gasteiger partial charge >= 0.3 is 0 Å². The van der Waals surface area contributed by atoms with Crippen molar-refractivity contribution in [2.75, 3.05) is 52.0 Å². The van der Waals surface area contributed by atoms with Gasteiger partial charge in [0.15, 0.2) is 11.5 Å². The molecule has 0 unspecified atom stereocenters. The van der Waals surface area contributed by atoms with E-state index in [1.807, 2.05) is 0 Å². The summed E-state index contributed by atoms with van der Waals surface area (Å²) in [5, 5.41) is 2.95. The zero-order valence-corrected chi connectivity index (χ0v) is 15.9. The van der Waals surface area contributed by atoms with Crippen molar-refractivity contribution in [1.82, 2.24) is 5.32 Å². The molecule has 0 atom stereocenters. The smallest absolute Gasteiger partial charge is 0.251 e. The van der Waals surface area contributed by atoms with Crippen LogP contribution in [0.1, 0.15) is 15.9 Å². The summed E-state index contributed by atoms with van der Waals surface area (Å²) >= 11 is 0. The number of amides is 1. The fraction of sp³-hybridized carbons (Fsp3) is 0.381. The number of hydrogen-bond acceptors (Lipinski definition) is 5. The topological polar surface area (TPSA) is 60.0 Å². The third kappa shape index (κ3) is 4.92. The van der Waals surface area contributed by atoms with E-state index in [2.05, 4.69) is 34.5 Å². The quantitative estimate of drug-likeness (QED) is 0.812. The predicted octanol–water partition coefficient (Wildman–Crippen LogP) is 2.51. The monoisotopic (exact) mass is 370 g/mol. The molecule has 1 amide bonds. The van der Waals surface area contributed by atoms with Crippen molar-refractivity contribution in [3.05, 3.63) is 53.6 Å². The summed E-state index contributed by atoms with van der Waals surface area (Å²) < 4.78 is 15.8. The highest BCUT2D eigenvalue weighted by Gasteiger charge is 2.12. The minimum Gasteiger partial charge on any atom is -0.493 e. The van der Waals surface area contributed by atoms with Crippen molar-refractivity contribution < 1.29 is 19.0 Å². The van der Waals surface area contributed by atoms with E-state index in [0.29, 0.717) is 23.6 Å². The molecule has 0 bridgehead atoms. The van der Waals surface area contributed by atoms with Gasteiger partial charge in [-0.2, -0.15) is 0 Å². The van der Waals surface area contributed by atoms with E-state index in [0.717, 1.165) is 32.7 Å². The Morgan fingerprint density at radius 1 is 1.04 bits per heavy atom. The standard InChI is InChI=1S/C21H26N2O4/c1-25-19-8-5-17(15-20(19)26-2)21(24)22-10-9-16-3-6-18(7-4-16)23-11-13-27-14-12-23/h3-8,15H,9-14H2,1-2H3,(H,22,24). The lowest BCUT2D eigenvalue weighted by atomic mass is 10.1. The number of carbonyl (C=O) groups is 1. The maximum atomic E-state index is 12.3. The highest BCUT2D eigenvalue weighted by atomic mass is 16.5. The fourth-order valence-corrected chi connectivity index (χ4v) is 3.09. The van der Waals surface area contributed by atoms with Crippen LogP contribution in [0.4, 0.5) is 5.69 Å². The molecule has 6 heteroatoms. The van der Waals surface area contributed by atoms with Crippen LogP contribution in [0.25, 0.3) is 0 Å². The first kappa shape index (κ1) is 19.0. The molecule has 144 valence electrons. The molecule has 0 saturated carbocycles. The second-order valence-electron chi connectivity index (χ2n) is 6.34. The number of ether oxygens (including phenoxy) is 3. The van der Waals surface area contributed by atoms with Crippen LogP contribution >= 0.6 is 0 Å². The van der Waals surface area contributed by atoms with Crippen LogP contribution in [0.3, 0.4) is 0 Å². The summed E-state index contributed by atoms with van der Waals surface area (Å²) in [5.74, 6) is 1.03. The molecule has 2 aromatic rings. The number of morpholine rings is 1. The maximum absolute atomic E-state index is 12.3.